The number of hydrogen-bond acceptors (Lipinski definition) is 5. The van der Waals surface area contributed by atoms with Crippen LogP contribution in [0, 0.1) is 0 Å². The van der Waals surface area contributed by atoms with E-state index in [0.717, 1.165) is 11.5 Å². The smallest absolute Gasteiger partial charge is 0.434 e. The number of esters is 1. The van der Waals surface area contributed by atoms with Crippen LogP contribution in [0.15, 0.2) is 42.7 Å². The van der Waals surface area contributed by atoms with Gasteiger partial charge in [-0.05, 0) is 12.2 Å². The summed E-state index contributed by atoms with van der Waals surface area (Å²) in [5.74, 6) is -0.976. The van der Waals surface area contributed by atoms with Gasteiger partial charge >= 0.3 is 12.1 Å². The largest absolute Gasteiger partial charge is 0.462 e. The van der Waals surface area contributed by atoms with Crippen LogP contribution in [-0.2, 0) is 10.9 Å². The maximum absolute atomic E-state index is 13.6. The molecule has 0 aliphatic carbocycles. The lowest BCUT2D eigenvalue weighted by Gasteiger charge is -2.12. The molecule has 0 aliphatic heterocycles. The summed E-state index contributed by atoms with van der Waals surface area (Å²) in [6, 6.07) is 8.43. The number of alkyl halides is 3. The Kier molecular flexibility index (Phi) is 5.23. The summed E-state index contributed by atoms with van der Waals surface area (Å²) in [6.45, 7) is 1.45. The standard InChI is InChI=1S/C17H14F3N4O2P/c1-2-26-16(25)11-9-22-24(14(11)17(18,19)20)13-7-8-21-15(23-13)10-5-3-4-6-12(10)27/h3-9H,2,27H2,1H3. The van der Waals surface area contributed by atoms with Crippen molar-refractivity contribution in [1.29, 1.82) is 0 Å². The molecule has 10 heteroatoms. The Morgan fingerprint density at radius 3 is 2.67 bits per heavy atom. The fraction of sp³-hybridized carbons (Fsp3) is 0.176. The summed E-state index contributed by atoms with van der Waals surface area (Å²) in [6.07, 6.45) is -2.67. The Balaban J connectivity index is 2.14. The third-order valence-corrected chi connectivity index (χ3v) is 4.10. The van der Waals surface area contributed by atoms with E-state index in [9.17, 15) is 18.0 Å². The zero-order valence-electron chi connectivity index (χ0n) is 14.1. The topological polar surface area (TPSA) is 69.9 Å². The van der Waals surface area contributed by atoms with Gasteiger partial charge in [0.15, 0.2) is 17.3 Å². The van der Waals surface area contributed by atoms with Crippen LogP contribution in [0.1, 0.15) is 23.0 Å². The minimum absolute atomic E-state index is 0.0517. The Labute approximate surface area is 154 Å². The average molecular weight is 394 g/mol. The van der Waals surface area contributed by atoms with E-state index in [2.05, 4.69) is 24.3 Å². The normalized spacial score (nSPS) is 11.4. The van der Waals surface area contributed by atoms with Gasteiger partial charge in [0, 0.05) is 17.8 Å². The molecule has 1 atom stereocenters. The van der Waals surface area contributed by atoms with Crippen molar-refractivity contribution < 1.29 is 22.7 Å². The average Bonchev–Trinajstić information content (AvgIpc) is 3.08. The molecule has 3 rings (SSSR count). The summed E-state index contributed by atoms with van der Waals surface area (Å²) in [7, 11) is 2.52. The van der Waals surface area contributed by atoms with Gasteiger partial charge in [0.25, 0.3) is 0 Å². The molecule has 0 N–H and O–H groups in total. The molecule has 3 aromatic rings. The lowest BCUT2D eigenvalue weighted by molar-refractivity contribution is -0.143. The first-order chi connectivity index (χ1) is 12.8. The predicted octanol–water partition coefficient (Wildman–Crippen LogP) is 3.03. The van der Waals surface area contributed by atoms with Crippen LogP contribution < -0.4 is 5.30 Å². The van der Waals surface area contributed by atoms with E-state index in [1.54, 1.807) is 12.1 Å². The quantitative estimate of drug-likeness (QED) is 0.503. The van der Waals surface area contributed by atoms with Crippen LogP contribution in [0.25, 0.3) is 17.2 Å². The molecular weight excluding hydrogens is 380 g/mol. The van der Waals surface area contributed by atoms with Gasteiger partial charge in [-0.15, -0.1) is 9.24 Å². The summed E-state index contributed by atoms with van der Waals surface area (Å²) >= 11 is 0. The highest BCUT2D eigenvalue weighted by molar-refractivity contribution is 7.27. The highest BCUT2D eigenvalue weighted by atomic mass is 31.0. The molecule has 27 heavy (non-hydrogen) atoms. The fourth-order valence-corrected chi connectivity index (χ4v) is 2.79. The maximum Gasteiger partial charge on any atom is 0.434 e. The number of rotatable bonds is 4. The summed E-state index contributed by atoms with van der Waals surface area (Å²) < 4.78 is 46.1. The van der Waals surface area contributed by atoms with Crippen molar-refractivity contribution >= 4 is 20.5 Å². The number of benzene rings is 1. The van der Waals surface area contributed by atoms with Crippen molar-refractivity contribution in [3.63, 3.8) is 0 Å². The van der Waals surface area contributed by atoms with Gasteiger partial charge in [0.05, 0.1) is 12.8 Å². The number of carbonyl (C=O) groups excluding carboxylic acids is 1. The predicted molar refractivity (Wildman–Crippen MR) is 94.9 cm³/mol. The van der Waals surface area contributed by atoms with E-state index in [1.165, 1.54) is 19.2 Å². The minimum atomic E-state index is -4.83. The van der Waals surface area contributed by atoms with Crippen molar-refractivity contribution in [3.05, 3.63) is 54.0 Å². The van der Waals surface area contributed by atoms with Crippen molar-refractivity contribution in [3.8, 4) is 17.2 Å². The number of hydrogen-bond donors (Lipinski definition) is 0. The van der Waals surface area contributed by atoms with Crippen LogP contribution in [0.4, 0.5) is 13.2 Å². The highest BCUT2D eigenvalue weighted by Crippen LogP contribution is 2.33. The number of nitrogens with zero attached hydrogens (tertiary/aromatic N) is 4. The summed E-state index contributed by atoms with van der Waals surface area (Å²) in [4.78, 5) is 20.2. The molecule has 0 bridgehead atoms. The Hall–Kier alpha value is -2.80. The van der Waals surface area contributed by atoms with Gasteiger partial charge in [0.1, 0.15) is 5.56 Å². The second-order valence-electron chi connectivity index (χ2n) is 5.36. The molecule has 1 aromatic carbocycles. The first kappa shape index (κ1) is 19.0. The van der Waals surface area contributed by atoms with E-state index in [-0.39, 0.29) is 18.2 Å². The second-order valence-corrected chi connectivity index (χ2v) is 5.98. The van der Waals surface area contributed by atoms with Crippen LogP contribution in [0.5, 0.6) is 0 Å². The van der Waals surface area contributed by atoms with E-state index in [0.29, 0.717) is 10.2 Å². The monoisotopic (exact) mass is 394 g/mol. The van der Waals surface area contributed by atoms with Crippen LogP contribution in [-0.4, -0.2) is 32.3 Å². The van der Waals surface area contributed by atoms with Gasteiger partial charge in [-0.3, -0.25) is 0 Å². The third-order valence-electron chi connectivity index (χ3n) is 3.59. The summed E-state index contributed by atoms with van der Waals surface area (Å²) in [5.41, 5.74) is -1.27. The number of halogens is 3. The highest BCUT2D eigenvalue weighted by Gasteiger charge is 2.41. The third kappa shape index (κ3) is 3.83. The molecule has 0 spiro atoms. The molecule has 0 radical (unpaired) electrons. The van der Waals surface area contributed by atoms with Gasteiger partial charge in [-0.25, -0.2) is 19.4 Å². The zero-order valence-corrected chi connectivity index (χ0v) is 15.2. The van der Waals surface area contributed by atoms with Crippen LogP contribution in [0.2, 0.25) is 0 Å². The molecule has 0 saturated heterocycles. The Morgan fingerprint density at radius 2 is 2.00 bits per heavy atom. The van der Waals surface area contributed by atoms with Gasteiger partial charge in [0.2, 0.25) is 0 Å². The lowest BCUT2D eigenvalue weighted by atomic mass is 10.2. The number of ether oxygens (including phenoxy) is 1. The second kappa shape index (κ2) is 7.44. The molecule has 6 nitrogen and oxygen atoms in total. The molecule has 2 aromatic heterocycles. The lowest BCUT2D eigenvalue weighted by Crippen LogP contribution is -2.19. The number of carbonyl (C=O) groups is 1. The van der Waals surface area contributed by atoms with Gasteiger partial charge in [-0.1, -0.05) is 24.3 Å². The first-order valence-corrected chi connectivity index (χ1v) is 8.41. The molecular formula is C17H14F3N4O2P. The maximum atomic E-state index is 13.6. The summed E-state index contributed by atoms with van der Waals surface area (Å²) in [5, 5.41) is 4.50. The first-order valence-electron chi connectivity index (χ1n) is 7.83. The van der Waals surface area contributed by atoms with Crippen LogP contribution in [0.3, 0.4) is 0 Å². The molecule has 0 saturated carbocycles. The van der Waals surface area contributed by atoms with Crippen molar-refractivity contribution in [2.24, 2.45) is 0 Å². The molecule has 0 aliphatic rings. The van der Waals surface area contributed by atoms with E-state index in [1.807, 2.05) is 12.1 Å². The SMILES string of the molecule is CCOC(=O)c1cnn(-c2ccnc(-c3ccccc3P)n2)c1C(F)(F)F. The van der Waals surface area contributed by atoms with Crippen LogP contribution >= 0.6 is 9.24 Å². The zero-order chi connectivity index (χ0) is 19.6. The molecule has 1 unspecified atom stereocenters. The molecule has 0 amide bonds. The Bertz CT molecular complexity index is 988. The van der Waals surface area contributed by atoms with Crippen molar-refractivity contribution in [2.75, 3.05) is 6.61 Å². The van der Waals surface area contributed by atoms with E-state index < -0.39 is 23.4 Å². The van der Waals surface area contributed by atoms with Gasteiger partial charge in [-0.2, -0.15) is 18.3 Å². The van der Waals surface area contributed by atoms with Crippen molar-refractivity contribution in [1.82, 2.24) is 19.7 Å². The van der Waals surface area contributed by atoms with Crippen molar-refractivity contribution in [2.45, 2.75) is 13.1 Å². The molecule has 0 fully saturated rings. The van der Waals surface area contributed by atoms with Gasteiger partial charge < -0.3 is 4.74 Å². The Morgan fingerprint density at radius 1 is 1.26 bits per heavy atom. The van der Waals surface area contributed by atoms with E-state index in [4.69, 9.17) is 4.74 Å². The molecule has 2 heterocycles. The fourth-order valence-electron chi connectivity index (χ4n) is 2.45. The minimum Gasteiger partial charge on any atom is -0.462 e. The number of aromatic nitrogens is 4. The molecule has 140 valence electrons. The van der Waals surface area contributed by atoms with E-state index >= 15 is 0 Å².